The second-order valence-corrected chi connectivity index (χ2v) is 6.10. The van der Waals surface area contributed by atoms with Gasteiger partial charge in [-0.2, -0.15) is 5.26 Å². The molecule has 0 aliphatic carbocycles. The summed E-state index contributed by atoms with van der Waals surface area (Å²) < 4.78 is 5.68. The van der Waals surface area contributed by atoms with E-state index in [0.29, 0.717) is 30.9 Å². The van der Waals surface area contributed by atoms with Crippen LogP contribution in [0.2, 0.25) is 0 Å². The third-order valence-corrected chi connectivity index (χ3v) is 4.34. The fraction of sp³-hybridized carbons (Fsp3) is 0.300. The molecule has 1 amide bonds. The second kappa shape index (κ2) is 7.82. The van der Waals surface area contributed by atoms with Crippen molar-refractivity contribution in [3.63, 3.8) is 0 Å². The molecule has 0 spiro atoms. The third-order valence-electron chi connectivity index (χ3n) is 4.34. The van der Waals surface area contributed by atoms with Crippen LogP contribution in [0.25, 0.3) is 0 Å². The number of ether oxygens (including phenoxy) is 1. The molecule has 2 N–H and O–H groups in total. The van der Waals surface area contributed by atoms with Gasteiger partial charge in [-0.05, 0) is 42.7 Å². The predicted molar refractivity (Wildman–Crippen MR) is 96.5 cm³/mol. The number of fused-ring (bicyclic) bond motifs is 1. The summed E-state index contributed by atoms with van der Waals surface area (Å²) in [6.45, 7) is 3.27. The van der Waals surface area contributed by atoms with Crippen molar-refractivity contribution in [3.8, 4) is 11.8 Å². The zero-order valence-corrected chi connectivity index (χ0v) is 14.2. The molecule has 2 aromatic carbocycles. The lowest BCUT2D eigenvalue weighted by Crippen LogP contribution is -2.25. The molecule has 0 fully saturated rings. The van der Waals surface area contributed by atoms with E-state index in [1.54, 1.807) is 12.1 Å². The minimum atomic E-state index is 0.0845. The lowest BCUT2D eigenvalue weighted by molar-refractivity contribution is -0.116. The van der Waals surface area contributed by atoms with Gasteiger partial charge in [0, 0.05) is 24.7 Å². The number of rotatable bonds is 6. The number of hydrogen-bond donors (Lipinski definition) is 2. The highest BCUT2D eigenvalue weighted by Gasteiger charge is 2.16. The second-order valence-electron chi connectivity index (χ2n) is 6.10. The normalized spacial score (nSPS) is 14.2. The Morgan fingerprint density at radius 1 is 1.28 bits per heavy atom. The van der Waals surface area contributed by atoms with Crippen molar-refractivity contribution in [1.82, 2.24) is 5.32 Å². The Morgan fingerprint density at radius 2 is 2.12 bits per heavy atom. The van der Waals surface area contributed by atoms with Crippen molar-refractivity contribution in [2.24, 2.45) is 0 Å². The zero-order valence-electron chi connectivity index (χ0n) is 14.2. The molecule has 0 bridgehead atoms. The van der Waals surface area contributed by atoms with Crippen LogP contribution in [0.5, 0.6) is 5.75 Å². The molecular weight excluding hydrogens is 314 g/mol. The van der Waals surface area contributed by atoms with E-state index < -0.39 is 0 Å². The highest BCUT2D eigenvalue weighted by atomic mass is 16.5. The number of para-hydroxylation sites is 1. The van der Waals surface area contributed by atoms with Gasteiger partial charge in [-0.15, -0.1) is 0 Å². The lowest BCUT2D eigenvalue weighted by Gasteiger charge is -2.20. The van der Waals surface area contributed by atoms with Crippen molar-refractivity contribution in [2.75, 3.05) is 18.5 Å². The summed E-state index contributed by atoms with van der Waals surface area (Å²) in [5.74, 6) is 0.699. The number of aryl methyl sites for hydroxylation is 1. The molecule has 0 saturated carbocycles. The number of carbonyl (C=O) groups is 1. The molecule has 0 unspecified atom stereocenters. The Bertz CT molecular complexity index is 811. The standard InChI is InChI=1S/C20H21N3O2/c1-14(15-6-8-18-16(12-15)7-9-20(24)23-18)22-10-11-25-19-5-3-2-4-17(19)13-21/h2-6,8,12,14,22H,7,9-11H2,1H3,(H,23,24)/t14-/m0/s1. The number of carbonyl (C=O) groups excluding carboxylic acids is 1. The molecule has 5 heteroatoms. The molecular formula is C20H21N3O2. The molecule has 1 aliphatic rings. The van der Waals surface area contributed by atoms with Gasteiger partial charge in [0.1, 0.15) is 18.4 Å². The van der Waals surface area contributed by atoms with Crippen molar-refractivity contribution in [2.45, 2.75) is 25.8 Å². The lowest BCUT2D eigenvalue weighted by atomic mass is 9.98. The van der Waals surface area contributed by atoms with Crippen molar-refractivity contribution in [1.29, 1.82) is 5.26 Å². The number of nitrogens with one attached hydrogen (secondary N) is 2. The van der Waals surface area contributed by atoms with E-state index in [1.165, 1.54) is 11.1 Å². The van der Waals surface area contributed by atoms with Crippen LogP contribution in [0, 0.1) is 11.3 Å². The molecule has 2 aromatic rings. The molecule has 0 saturated heterocycles. The summed E-state index contributed by atoms with van der Waals surface area (Å²) in [7, 11) is 0. The number of amides is 1. The number of benzene rings is 2. The van der Waals surface area contributed by atoms with Gasteiger partial charge in [-0.25, -0.2) is 0 Å². The number of hydrogen-bond acceptors (Lipinski definition) is 4. The maximum absolute atomic E-state index is 11.4. The highest BCUT2D eigenvalue weighted by molar-refractivity contribution is 5.93. The third kappa shape index (κ3) is 4.17. The van der Waals surface area contributed by atoms with Gasteiger partial charge in [-0.1, -0.05) is 24.3 Å². The number of anilines is 1. The monoisotopic (exact) mass is 335 g/mol. The maximum Gasteiger partial charge on any atom is 0.224 e. The molecule has 128 valence electrons. The Labute approximate surface area is 147 Å². The van der Waals surface area contributed by atoms with Gasteiger partial charge in [0.25, 0.3) is 0 Å². The molecule has 0 radical (unpaired) electrons. The van der Waals surface area contributed by atoms with Gasteiger partial charge in [-0.3, -0.25) is 4.79 Å². The predicted octanol–water partition coefficient (Wildman–Crippen LogP) is 3.17. The van der Waals surface area contributed by atoms with E-state index in [-0.39, 0.29) is 11.9 Å². The van der Waals surface area contributed by atoms with E-state index in [1.807, 2.05) is 24.3 Å². The summed E-state index contributed by atoms with van der Waals surface area (Å²) in [6.07, 6.45) is 1.33. The fourth-order valence-electron chi connectivity index (χ4n) is 2.91. The van der Waals surface area contributed by atoms with Crippen molar-refractivity contribution < 1.29 is 9.53 Å². The van der Waals surface area contributed by atoms with Gasteiger partial charge in [0.2, 0.25) is 5.91 Å². The average molecular weight is 335 g/mol. The minimum Gasteiger partial charge on any atom is -0.491 e. The molecule has 5 nitrogen and oxygen atoms in total. The van der Waals surface area contributed by atoms with Crippen LogP contribution < -0.4 is 15.4 Å². The maximum atomic E-state index is 11.4. The van der Waals surface area contributed by atoms with Gasteiger partial charge < -0.3 is 15.4 Å². The van der Waals surface area contributed by atoms with Crippen molar-refractivity contribution in [3.05, 3.63) is 59.2 Å². The highest BCUT2D eigenvalue weighted by Crippen LogP contribution is 2.26. The smallest absolute Gasteiger partial charge is 0.224 e. The van der Waals surface area contributed by atoms with Crippen LogP contribution in [-0.2, 0) is 11.2 Å². The van der Waals surface area contributed by atoms with E-state index >= 15 is 0 Å². The number of nitrogens with zero attached hydrogens (tertiary/aromatic N) is 1. The van der Waals surface area contributed by atoms with Gasteiger partial charge in [0.05, 0.1) is 5.56 Å². The summed E-state index contributed by atoms with van der Waals surface area (Å²) >= 11 is 0. The topological polar surface area (TPSA) is 74.1 Å². The first-order valence-corrected chi connectivity index (χ1v) is 8.45. The van der Waals surface area contributed by atoms with Gasteiger partial charge >= 0.3 is 0 Å². The van der Waals surface area contributed by atoms with Crippen LogP contribution in [0.4, 0.5) is 5.69 Å². The molecule has 0 aromatic heterocycles. The molecule has 3 rings (SSSR count). The first-order valence-electron chi connectivity index (χ1n) is 8.45. The Hall–Kier alpha value is -2.84. The Balaban J connectivity index is 1.52. The quantitative estimate of drug-likeness (QED) is 0.795. The zero-order chi connectivity index (χ0) is 17.6. The minimum absolute atomic E-state index is 0.0845. The Morgan fingerprint density at radius 3 is 2.96 bits per heavy atom. The van der Waals surface area contributed by atoms with E-state index in [9.17, 15) is 4.79 Å². The van der Waals surface area contributed by atoms with Crippen LogP contribution in [0.3, 0.4) is 0 Å². The van der Waals surface area contributed by atoms with Gasteiger partial charge in [0.15, 0.2) is 0 Å². The number of nitriles is 1. The largest absolute Gasteiger partial charge is 0.491 e. The molecule has 25 heavy (non-hydrogen) atoms. The summed E-state index contributed by atoms with van der Waals surface area (Å²) in [5, 5.41) is 15.4. The first-order chi connectivity index (χ1) is 12.2. The summed E-state index contributed by atoms with van der Waals surface area (Å²) in [4.78, 5) is 11.4. The van der Waals surface area contributed by atoms with Crippen molar-refractivity contribution >= 4 is 11.6 Å². The first kappa shape index (κ1) is 17.0. The SMILES string of the molecule is C[C@H](NCCOc1ccccc1C#N)c1ccc2c(c1)CCC(=O)N2. The van der Waals surface area contributed by atoms with E-state index in [2.05, 4.69) is 29.7 Å². The van der Waals surface area contributed by atoms with Crippen LogP contribution in [0.1, 0.15) is 36.1 Å². The fourth-order valence-corrected chi connectivity index (χ4v) is 2.91. The van der Waals surface area contributed by atoms with E-state index in [0.717, 1.165) is 12.1 Å². The average Bonchev–Trinajstić information content (AvgIpc) is 2.64. The molecule has 1 aliphatic heterocycles. The van der Waals surface area contributed by atoms with Crippen LogP contribution in [-0.4, -0.2) is 19.1 Å². The molecule has 1 atom stereocenters. The van der Waals surface area contributed by atoms with Crippen LogP contribution >= 0.6 is 0 Å². The Kier molecular flexibility index (Phi) is 5.32. The summed E-state index contributed by atoms with van der Waals surface area (Å²) in [5.41, 5.74) is 3.84. The molecule has 1 heterocycles. The van der Waals surface area contributed by atoms with E-state index in [4.69, 9.17) is 10.00 Å². The van der Waals surface area contributed by atoms with Crippen LogP contribution in [0.15, 0.2) is 42.5 Å². The summed E-state index contributed by atoms with van der Waals surface area (Å²) in [6, 6.07) is 15.7.